The highest BCUT2D eigenvalue weighted by Crippen LogP contribution is 2.25. The van der Waals surface area contributed by atoms with Crippen molar-refractivity contribution < 1.29 is 9.59 Å². The van der Waals surface area contributed by atoms with Gasteiger partial charge in [-0.25, -0.2) is 0 Å². The van der Waals surface area contributed by atoms with Crippen LogP contribution in [0.1, 0.15) is 31.9 Å². The quantitative estimate of drug-likeness (QED) is 0.862. The van der Waals surface area contributed by atoms with E-state index >= 15 is 0 Å². The zero-order valence-electron chi connectivity index (χ0n) is 10.6. The summed E-state index contributed by atoms with van der Waals surface area (Å²) >= 11 is 0. The third kappa shape index (κ3) is 2.20. The molecule has 1 saturated heterocycles. The Kier molecular flexibility index (Phi) is 3.60. The number of hydrogen-bond donors (Lipinski definition) is 1. The Morgan fingerprint density at radius 3 is 2.72 bits per heavy atom. The molecule has 1 aliphatic heterocycles. The van der Waals surface area contributed by atoms with E-state index in [0.717, 1.165) is 5.56 Å². The molecule has 1 aromatic rings. The van der Waals surface area contributed by atoms with E-state index in [0.29, 0.717) is 6.42 Å². The van der Waals surface area contributed by atoms with Gasteiger partial charge >= 0.3 is 0 Å². The second-order valence-electron chi connectivity index (χ2n) is 4.40. The molecular formula is C13H17N3O2. The van der Waals surface area contributed by atoms with E-state index in [4.69, 9.17) is 0 Å². The third-order valence-corrected chi connectivity index (χ3v) is 3.33. The van der Waals surface area contributed by atoms with E-state index in [1.165, 1.54) is 0 Å². The number of nitrogens with zero attached hydrogens (tertiary/aromatic N) is 2. The molecule has 2 amide bonds. The highest BCUT2D eigenvalue weighted by molar-refractivity contribution is 5.95. The van der Waals surface area contributed by atoms with Gasteiger partial charge in [0.1, 0.15) is 6.04 Å². The molecule has 2 atom stereocenters. The van der Waals surface area contributed by atoms with Crippen molar-refractivity contribution in [1.29, 1.82) is 0 Å². The topological polar surface area (TPSA) is 62.3 Å². The Bertz CT molecular complexity index is 447. The molecule has 5 nitrogen and oxygen atoms in total. The molecule has 1 fully saturated rings. The monoisotopic (exact) mass is 247 g/mol. The summed E-state index contributed by atoms with van der Waals surface area (Å²) in [5, 5.41) is 2.63. The molecule has 18 heavy (non-hydrogen) atoms. The van der Waals surface area contributed by atoms with Gasteiger partial charge in [0.2, 0.25) is 11.8 Å². The van der Waals surface area contributed by atoms with Crippen molar-refractivity contribution in [1.82, 2.24) is 15.2 Å². The van der Waals surface area contributed by atoms with Crippen LogP contribution >= 0.6 is 0 Å². The number of carbonyl (C=O) groups is 2. The number of nitrogens with one attached hydrogen (secondary N) is 1. The van der Waals surface area contributed by atoms with Gasteiger partial charge in [-0.1, -0.05) is 6.92 Å². The average molecular weight is 247 g/mol. The zero-order valence-corrected chi connectivity index (χ0v) is 10.6. The van der Waals surface area contributed by atoms with Crippen molar-refractivity contribution in [2.75, 3.05) is 6.54 Å². The predicted octanol–water partition coefficient (Wildman–Crippen LogP) is 0.880. The highest BCUT2D eigenvalue weighted by Gasteiger charge is 2.36. The van der Waals surface area contributed by atoms with Gasteiger partial charge in [0.15, 0.2) is 0 Å². The molecule has 1 aromatic heterocycles. The minimum atomic E-state index is -0.380. The largest absolute Gasteiger partial charge is 0.345 e. The van der Waals surface area contributed by atoms with Crippen LogP contribution in [0, 0.1) is 0 Å². The molecule has 0 spiro atoms. The van der Waals surface area contributed by atoms with Crippen LogP contribution in [0.5, 0.6) is 0 Å². The molecule has 2 heterocycles. The molecule has 0 radical (unpaired) electrons. The Balaban J connectivity index is 2.28. The van der Waals surface area contributed by atoms with Gasteiger partial charge in [-0.2, -0.15) is 0 Å². The lowest BCUT2D eigenvalue weighted by molar-refractivity contribution is -0.148. The Hall–Kier alpha value is -1.91. The second-order valence-corrected chi connectivity index (χ2v) is 4.40. The molecule has 1 N–H and O–H groups in total. The number of carbonyl (C=O) groups excluding carboxylic acids is 2. The normalized spacial score (nSPS) is 21.7. The predicted molar refractivity (Wildman–Crippen MR) is 66.6 cm³/mol. The van der Waals surface area contributed by atoms with Gasteiger partial charge in [-0.3, -0.25) is 14.6 Å². The lowest BCUT2D eigenvalue weighted by atomic mass is 10.0. The van der Waals surface area contributed by atoms with Crippen molar-refractivity contribution in [3.8, 4) is 0 Å². The SMILES string of the molecule is CCC1C(=O)NCC(=O)N1C(C)c1ccncc1. The van der Waals surface area contributed by atoms with E-state index in [-0.39, 0.29) is 30.4 Å². The summed E-state index contributed by atoms with van der Waals surface area (Å²) in [7, 11) is 0. The van der Waals surface area contributed by atoms with Gasteiger partial charge in [0, 0.05) is 12.4 Å². The van der Waals surface area contributed by atoms with E-state index in [1.54, 1.807) is 17.3 Å². The minimum absolute atomic E-state index is 0.0363. The number of hydrogen-bond acceptors (Lipinski definition) is 3. The summed E-state index contributed by atoms with van der Waals surface area (Å²) < 4.78 is 0. The zero-order chi connectivity index (χ0) is 13.1. The van der Waals surface area contributed by atoms with Crippen LogP contribution < -0.4 is 5.32 Å². The number of aromatic nitrogens is 1. The Morgan fingerprint density at radius 2 is 2.11 bits per heavy atom. The molecule has 0 aliphatic carbocycles. The first-order valence-corrected chi connectivity index (χ1v) is 6.14. The molecule has 2 unspecified atom stereocenters. The van der Waals surface area contributed by atoms with Crippen LogP contribution in [0.2, 0.25) is 0 Å². The number of piperazine rings is 1. The molecule has 0 bridgehead atoms. The summed E-state index contributed by atoms with van der Waals surface area (Å²) in [6.45, 7) is 3.94. The molecule has 2 rings (SSSR count). The van der Waals surface area contributed by atoms with Gasteiger partial charge in [0.05, 0.1) is 12.6 Å². The van der Waals surface area contributed by atoms with Crippen molar-refractivity contribution in [2.24, 2.45) is 0 Å². The Morgan fingerprint density at radius 1 is 1.44 bits per heavy atom. The fourth-order valence-corrected chi connectivity index (χ4v) is 2.34. The molecular weight excluding hydrogens is 230 g/mol. The van der Waals surface area contributed by atoms with Crippen LogP contribution in [0.3, 0.4) is 0 Å². The average Bonchev–Trinajstić information content (AvgIpc) is 2.41. The highest BCUT2D eigenvalue weighted by atomic mass is 16.2. The van der Waals surface area contributed by atoms with Crippen molar-refractivity contribution in [3.63, 3.8) is 0 Å². The summed E-state index contributed by atoms with van der Waals surface area (Å²) in [4.78, 5) is 29.5. The first kappa shape index (κ1) is 12.5. The first-order valence-electron chi connectivity index (χ1n) is 6.14. The first-order chi connectivity index (χ1) is 8.65. The maximum Gasteiger partial charge on any atom is 0.243 e. The van der Waals surface area contributed by atoms with Crippen molar-refractivity contribution in [3.05, 3.63) is 30.1 Å². The van der Waals surface area contributed by atoms with Crippen LogP contribution in [0.15, 0.2) is 24.5 Å². The summed E-state index contributed by atoms with van der Waals surface area (Å²) in [6.07, 6.45) is 4.01. The molecule has 1 aliphatic rings. The number of amides is 2. The lowest BCUT2D eigenvalue weighted by Gasteiger charge is -2.38. The van der Waals surface area contributed by atoms with Crippen LogP contribution in [-0.4, -0.2) is 34.3 Å². The van der Waals surface area contributed by atoms with E-state index in [1.807, 2.05) is 26.0 Å². The smallest absolute Gasteiger partial charge is 0.243 e. The minimum Gasteiger partial charge on any atom is -0.345 e. The molecule has 0 saturated carbocycles. The fourth-order valence-electron chi connectivity index (χ4n) is 2.34. The molecule has 5 heteroatoms. The van der Waals surface area contributed by atoms with E-state index < -0.39 is 0 Å². The van der Waals surface area contributed by atoms with Crippen LogP contribution in [0.4, 0.5) is 0 Å². The van der Waals surface area contributed by atoms with Crippen molar-refractivity contribution >= 4 is 11.8 Å². The molecule has 96 valence electrons. The van der Waals surface area contributed by atoms with E-state index in [2.05, 4.69) is 10.3 Å². The summed E-state index contributed by atoms with van der Waals surface area (Å²) in [5.41, 5.74) is 0.992. The number of pyridine rings is 1. The van der Waals surface area contributed by atoms with Gasteiger partial charge in [-0.15, -0.1) is 0 Å². The number of rotatable bonds is 3. The fraction of sp³-hybridized carbons (Fsp3) is 0.462. The van der Waals surface area contributed by atoms with Crippen LogP contribution in [-0.2, 0) is 9.59 Å². The lowest BCUT2D eigenvalue weighted by Crippen LogP contribution is -2.58. The summed E-state index contributed by atoms with van der Waals surface area (Å²) in [5.74, 6) is -0.108. The van der Waals surface area contributed by atoms with E-state index in [9.17, 15) is 9.59 Å². The third-order valence-electron chi connectivity index (χ3n) is 3.33. The molecule has 0 aromatic carbocycles. The maximum atomic E-state index is 12.0. The van der Waals surface area contributed by atoms with Crippen molar-refractivity contribution in [2.45, 2.75) is 32.4 Å². The van der Waals surface area contributed by atoms with Crippen LogP contribution in [0.25, 0.3) is 0 Å². The van der Waals surface area contributed by atoms with Gasteiger partial charge in [-0.05, 0) is 31.0 Å². The summed E-state index contributed by atoms with van der Waals surface area (Å²) in [6, 6.07) is 3.25. The van der Waals surface area contributed by atoms with Gasteiger partial charge < -0.3 is 10.2 Å². The maximum absolute atomic E-state index is 12.0. The standard InChI is InChI=1S/C13H17N3O2/c1-3-11-13(18)15-8-12(17)16(11)9(2)10-4-6-14-7-5-10/h4-7,9,11H,3,8H2,1-2H3,(H,15,18). The van der Waals surface area contributed by atoms with Gasteiger partial charge in [0.25, 0.3) is 0 Å². The Labute approximate surface area is 106 Å². The second kappa shape index (κ2) is 5.16.